The number of nitrogens with one attached hydrogen (secondary N) is 1. The molecule has 9 heteroatoms. The second-order valence-corrected chi connectivity index (χ2v) is 5.81. The topological polar surface area (TPSA) is 122 Å². The van der Waals surface area contributed by atoms with Gasteiger partial charge in [-0.1, -0.05) is 30.3 Å². The quantitative estimate of drug-likeness (QED) is 0.446. The molecule has 0 radical (unpaired) electrons. The Morgan fingerprint density at radius 1 is 1.26 bits per heavy atom. The normalized spacial score (nSPS) is 12.5. The van der Waals surface area contributed by atoms with Crippen LogP contribution in [-0.4, -0.2) is 40.9 Å². The Labute approximate surface area is 134 Å². The molecular formula is C14H20NO7P. The first-order valence-electron chi connectivity index (χ1n) is 7.03. The van der Waals surface area contributed by atoms with Gasteiger partial charge >= 0.3 is 13.8 Å². The number of esters is 1. The molecule has 0 fully saturated rings. The van der Waals surface area contributed by atoms with Gasteiger partial charge in [0, 0.05) is 13.0 Å². The highest BCUT2D eigenvalue weighted by Crippen LogP contribution is 2.38. The number of ether oxygens (including phenoxy) is 1. The van der Waals surface area contributed by atoms with Gasteiger partial charge in [-0.3, -0.25) is 14.1 Å². The molecule has 1 atom stereocenters. The lowest BCUT2D eigenvalue weighted by Crippen LogP contribution is -2.38. The zero-order valence-electron chi connectivity index (χ0n) is 12.7. The van der Waals surface area contributed by atoms with Gasteiger partial charge in [-0.15, -0.1) is 0 Å². The summed E-state index contributed by atoms with van der Waals surface area (Å²) in [5, 5.41) is 2.41. The molecule has 0 unspecified atom stereocenters. The SMILES string of the molecule is CCOC(=O)CCNC(=O)[C@H](Cc1ccccc1)OP(=O)(O)O. The smallest absolute Gasteiger partial charge is 0.466 e. The fraction of sp³-hybridized carbons (Fsp3) is 0.429. The van der Waals surface area contributed by atoms with Crippen molar-refractivity contribution < 1.29 is 33.2 Å². The Morgan fingerprint density at radius 2 is 1.91 bits per heavy atom. The van der Waals surface area contributed by atoms with Crippen molar-refractivity contribution >= 4 is 19.7 Å². The van der Waals surface area contributed by atoms with E-state index in [1.54, 1.807) is 37.3 Å². The molecule has 23 heavy (non-hydrogen) atoms. The van der Waals surface area contributed by atoms with Gasteiger partial charge in [0.15, 0.2) is 6.10 Å². The van der Waals surface area contributed by atoms with E-state index >= 15 is 0 Å². The van der Waals surface area contributed by atoms with Crippen LogP contribution in [0.1, 0.15) is 18.9 Å². The maximum absolute atomic E-state index is 12.0. The molecule has 1 aromatic carbocycles. The van der Waals surface area contributed by atoms with Crippen molar-refractivity contribution in [2.24, 2.45) is 0 Å². The minimum Gasteiger partial charge on any atom is -0.466 e. The number of hydrogen-bond donors (Lipinski definition) is 3. The molecule has 3 N–H and O–H groups in total. The number of phosphoric ester groups is 1. The number of phosphoric acid groups is 1. The van der Waals surface area contributed by atoms with Crippen LogP contribution in [0.15, 0.2) is 30.3 Å². The molecule has 0 saturated carbocycles. The predicted octanol–water partition coefficient (Wildman–Crippen LogP) is 0.776. The Bertz CT molecular complexity index is 558. The maximum atomic E-state index is 12.0. The number of rotatable bonds is 9. The minimum atomic E-state index is -4.83. The molecule has 0 aliphatic heterocycles. The fourth-order valence-electron chi connectivity index (χ4n) is 1.81. The summed E-state index contributed by atoms with van der Waals surface area (Å²) >= 11 is 0. The highest BCUT2D eigenvalue weighted by molar-refractivity contribution is 7.46. The van der Waals surface area contributed by atoms with Gasteiger partial charge in [0.2, 0.25) is 5.91 Å². The van der Waals surface area contributed by atoms with Crippen LogP contribution in [-0.2, 0) is 29.8 Å². The number of hydrogen-bond acceptors (Lipinski definition) is 5. The number of amides is 1. The van der Waals surface area contributed by atoms with E-state index in [0.29, 0.717) is 5.56 Å². The van der Waals surface area contributed by atoms with Crippen LogP contribution in [0.4, 0.5) is 0 Å². The first kappa shape index (κ1) is 19.3. The standard InChI is InChI=1S/C14H20NO7P/c1-2-21-13(16)8-9-15-14(17)12(22-23(18,19)20)10-11-6-4-3-5-7-11/h3-7,12H,2,8-10H2,1H3,(H,15,17)(H2,18,19,20)/t12-/m0/s1. The van der Waals surface area contributed by atoms with Crippen molar-refractivity contribution in [2.45, 2.75) is 25.9 Å². The molecule has 0 saturated heterocycles. The molecular weight excluding hydrogens is 325 g/mol. The van der Waals surface area contributed by atoms with Crippen LogP contribution in [0.2, 0.25) is 0 Å². The third-order valence-electron chi connectivity index (χ3n) is 2.75. The summed E-state index contributed by atoms with van der Waals surface area (Å²) in [6.45, 7) is 1.90. The van der Waals surface area contributed by atoms with Gasteiger partial charge in [-0.25, -0.2) is 4.57 Å². The Kier molecular flexibility index (Phi) is 7.91. The van der Waals surface area contributed by atoms with E-state index in [1.165, 1.54) is 0 Å². The predicted molar refractivity (Wildman–Crippen MR) is 81.3 cm³/mol. The molecule has 0 heterocycles. The van der Waals surface area contributed by atoms with Crippen LogP contribution in [0.3, 0.4) is 0 Å². The highest BCUT2D eigenvalue weighted by Gasteiger charge is 2.28. The highest BCUT2D eigenvalue weighted by atomic mass is 31.2. The molecule has 0 spiro atoms. The summed E-state index contributed by atoms with van der Waals surface area (Å²) in [7, 11) is -4.83. The lowest BCUT2D eigenvalue weighted by Gasteiger charge is -2.18. The molecule has 8 nitrogen and oxygen atoms in total. The van der Waals surface area contributed by atoms with Crippen LogP contribution in [0.5, 0.6) is 0 Å². The Balaban J connectivity index is 2.62. The second-order valence-electron chi connectivity index (χ2n) is 4.62. The number of carbonyl (C=O) groups excluding carboxylic acids is 2. The summed E-state index contributed by atoms with van der Waals surface area (Å²) in [6, 6.07) is 8.68. The lowest BCUT2D eigenvalue weighted by molar-refractivity contribution is -0.143. The zero-order valence-corrected chi connectivity index (χ0v) is 13.6. The van der Waals surface area contributed by atoms with E-state index in [2.05, 4.69) is 9.84 Å². The molecule has 128 valence electrons. The molecule has 0 aromatic heterocycles. The summed E-state index contributed by atoms with van der Waals surface area (Å²) in [5.41, 5.74) is 0.687. The number of carbonyl (C=O) groups is 2. The maximum Gasteiger partial charge on any atom is 0.470 e. The summed E-state index contributed by atoms with van der Waals surface area (Å²) in [6.07, 6.45) is -1.40. The van der Waals surface area contributed by atoms with E-state index in [1.807, 2.05) is 0 Å². The monoisotopic (exact) mass is 345 g/mol. The third-order valence-corrected chi connectivity index (χ3v) is 3.28. The van der Waals surface area contributed by atoms with Crippen molar-refractivity contribution in [3.63, 3.8) is 0 Å². The van der Waals surface area contributed by atoms with E-state index in [4.69, 9.17) is 14.5 Å². The molecule has 1 aromatic rings. The van der Waals surface area contributed by atoms with Gasteiger partial charge < -0.3 is 19.8 Å². The van der Waals surface area contributed by atoms with Crippen LogP contribution >= 0.6 is 7.82 Å². The Hall–Kier alpha value is -1.73. The second kappa shape index (κ2) is 9.42. The van der Waals surface area contributed by atoms with Crippen molar-refractivity contribution in [3.05, 3.63) is 35.9 Å². The van der Waals surface area contributed by atoms with E-state index < -0.39 is 25.8 Å². The summed E-state index contributed by atoms with van der Waals surface area (Å²) in [5.74, 6) is -1.18. The summed E-state index contributed by atoms with van der Waals surface area (Å²) < 4.78 is 20.3. The van der Waals surface area contributed by atoms with Crippen LogP contribution < -0.4 is 5.32 Å². The van der Waals surface area contributed by atoms with Crippen LogP contribution in [0.25, 0.3) is 0 Å². The minimum absolute atomic E-state index is 0.00279. The average molecular weight is 345 g/mol. The third kappa shape index (κ3) is 8.47. The van der Waals surface area contributed by atoms with Crippen molar-refractivity contribution in [1.29, 1.82) is 0 Å². The molecule has 0 aliphatic carbocycles. The largest absolute Gasteiger partial charge is 0.470 e. The van der Waals surface area contributed by atoms with Gasteiger partial charge in [0.25, 0.3) is 0 Å². The molecule has 0 aliphatic rings. The van der Waals surface area contributed by atoms with E-state index in [0.717, 1.165) is 0 Å². The van der Waals surface area contributed by atoms with Gasteiger partial charge in [0.05, 0.1) is 13.0 Å². The zero-order chi connectivity index (χ0) is 17.3. The molecule has 1 rings (SSSR count). The van der Waals surface area contributed by atoms with E-state index in [9.17, 15) is 14.2 Å². The summed E-state index contributed by atoms with van der Waals surface area (Å²) in [4.78, 5) is 41.1. The molecule has 0 bridgehead atoms. The van der Waals surface area contributed by atoms with Gasteiger partial charge in [0.1, 0.15) is 0 Å². The first-order chi connectivity index (χ1) is 10.8. The van der Waals surface area contributed by atoms with Crippen molar-refractivity contribution in [2.75, 3.05) is 13.2 Å². The number of benzene rings is 1. The molecule has 1 amide bonds. The fourth-order valence-corrected chi connectivity index (χ4v) is 2.31. The van der Waals surface area contributed by atoms with Crippen molar-refractivity contribution in [1.82, 2.24) is 5.32 Å². The van der Waals surface area contributed by atoms with Gasteiger partial charge in [-0.2, -0.15) is 0 Å². The van der Waals surface area contributed by atoms with Crippen molar-refractivity contribution in [3.8, 4) is 0 Å². The van der Waals surface area contributed by atoms with Gasteiger partial charge in [-0.05, 0) is 12.5 Å². The lowest BCUT2D eigenvalue weighted by atomic mass is 10.1. The average Bonchev–Trinajstić information content (AvgIpc) is 2.46. The van der Waals surface area contributed by atoms with Crippen LogP contribution in [0, 0.1) is 0 Å². The first-order valence-corrected chi connectivity index (χ1v) is 8.56. The van der Waals surface area contributed by atoms with E-state index in [-0.39, 0.29) is 26.0 Å². The Morgan fingerprint density at radius 3 is 2.48 bits per heavy atom.